The van der Waals surface area contributed by atoms with Crippen molar-refractivity contribution in [3.05, 3.63) is 46.1 Å². The van der Waals surface area contributed by atoms with E-state index in [9.17, 15) is 4.79 Å². The lowest BCUT2D eigenvalue weighted by Gasteiger charge is -2.08. The highest BCUT2D eigenvalue weighted by Gasteiger charge is 2.10. The summed E-state index contributed by atoms with van der Waals surface area (Å²) in [6, 6.07) is 6.75. The molecular formula is C13H10Cl2N2O2. The number of carbonyl (C=O) groups is 1. The molecule has 1 aromatic carbocycles. The van der Waals surface area contributed by atoms with Crippen molar-refractivity contribution in [3.63, 3.8) is 0 Å². The van der Waals surface area contributed by atoms with E-state index in [0.717, 1.165) is 5.56 Å². The predicted octanol–water partition coefficient (Wildman–Crippen LogP) is 3.26. The number of anilines is 1. The average molecular weight is 297 g/mol. The van der Waals surface area contributed by atoms with E-state index in [1.54, 1.807) is 30.5 Å². The SMILES string of the molecule is Nc1ncc(-c2ccc(Cl)cc2Cl)cc1CC(=O)O. The quantitative estimate of drug-likeness (QED) is 0.911. The van der Waals surface area contributed by atoms with E-state index < -0.39 is 5.97 Å². The molecule has 0 saturated carbocycles. The van der Waals surface area contributed by atoms with Crippen molar-refractivity contribution in [2.75, 3.05) is 5.73 Å². The molecule has 6 heteroatoms. The number of benzene rings is 1. The molecule has 0 fully saturated rings. The maximum Gasteiger partial charge on any atom is 0.307 e. The third-order valence-electron chi connectivity index (χ3n) is 2.59. The van der Waals surface area contributed by atoms with Crippen molar-refractivity contribution in [2.45, 2.75) is 6.42 Å². The summed E-state index contributed by atoms with van der Waals surface area (Å²) < 4.78 is 0. The summed E-state index contributed by atoms with van der Waals surface area (Å²) in [7, 11) is 0. The molecule has 1 heterocycles. The maximum absolute atomic E-state index is 10.8. The number of hydrogen-bond acceptors (Lipinski definition) is 3. The summed E-state index contributed by atoms with van der Waals surface area (Å²) in [5.41, 5.74) is 7.53. The first-order chi connectivity index (χ1) is 8.97. The lowest BCUT2D eigenvalue weighted by atomic mass is 10.0. The molecule has 0 unspecified atom stereocenters. The molecule has 0 amide bonds. The summed E-state index contributed by atoms with van der Waals surface area (Å²) in [6.07, 6.45) is 1.37. The highest BCUT2D eigenvalue weighted by Crippen LogP contribution is 2.31. The minimum absolute atomic E-state index is 0.183. The molecule has 0 spiro atoms. The second-order valence-electron chi connectivity index (χ2n) is 3.96. The van der Waals surface area contributed by atoms with E-state index in [4.69, 9.17) is 34.0 Å². The fourth-order valence-corrected chi connectivity index (χ4v) is 2.21. The van der Waals surface area contributed by atoms with E-state index in [-0.39, 0.29) is 12.2 Å². The first-order valence-electron chi connectivity index (χ1n) is 5.39. The van der Waals surface area contributed by atoms with E-state index >= 15 is 0 Å². The van der Waals surface area contributed by atoms with Crippen molar-refractivity contribution in [2.24, 2.45) is 0 Å². The van der Waals surface area contributed by atoms with Gasteiger partial charge in [0.05, 0.1) is 6.42 Å². The maximum atomic E-state index is 10.8. The number of carboxylic acids is 1. The fraction of sp³-hybridized carbons (Fsp3) is 0.0769. The lowest BCUT2D eigenvalue weighted by Crippen LogP contribution is -2.05. The van der Waals surface area contributed by atoms with Crippen molar-refractivity contribution in [1.29, 1.82) is 0 Å². The second-order valence-corrected chi connectivity index (χ2v) is 4.81. The van der Waals surface area contributed by atoms with Gasteiger partial charge in [-0.2, -0.15) is 0 Å². The van der Waals surface area contributed by atoms with Gasteiger partial charge in [0.2, 0.25) is 0 Å². The number of nitrogens with zero attached hydrogens (tertiary/aromatic N) is 1. The Labute approximate surface area is 119 Å². The molecule has 0 aliphatic rings. The minimum Gasteiger partial charge on any atom is -0.481 e. The van der Waals surface area contributed by atoms with Crippen molar-refractivity contribution in [3.8, 4) is 11.1 Å². The third-order valence-corrected chi connectivity index (χ3v) is 3.13. The summed E-state index contributed by atoms with van der Waals surface area (Å²) in [5.74, 6) is -0.760. The van der Waals surface area contributed by atoms with Gasteiger partial charge in [-0.3, -0.25) is 4.79 Å². The number of halogens is 2. The van der Waals surface area contributed by atoms with Gasteiger partial charge in [0.25, 0.3) is 0 Å². The van der Waals surface area contributed by atoms with Gasteiger partial charge in [-0.05, 0) is 18.2 Å². The number of carboxylic acid groups (broad SMARTS) is 1. The first-order valence-corrected chi connectivity index (χ1v) is 6.14. The van der Waals surface area contributed by atoms with Crippen LogP contribution in [0.4, 0.5) is 5.82 Å². The minimum atomic E-state index is -0.965. The number of pyridine rings is 1. The van der Waals surface area contributed by atoms with Crippen LogP contribution in [0.1, 0.15) is 5.56 Å². The molecule has 0 aliphatic heterocycles. The lowest BCUT2D eigenvalue weighted by molar-refractivity contribution is -0.136. The molecule has 0 atom stereocenters. The molecule has 0 saturated heterocycles. The molecule has 0 bridgehead atoms. The van der Waals surface area contributed by atoms with Crippen LogP contribution in [-0.4, -0.2) is 16.1 Å². The van der Waals surface area contributed by atoms with Crippen LogP contribution in [0.2, 0.25) is 10.0 Å². The van der Waals surface area contributed by atoms with Crippen LogP contribution in [0.25, 0.3) is 11.1 Å². The van der Waals surface area contributed by atoms with Gasteiger partial charge in [0.1, 0.15) is 5.82 Å². The molecular weight excluding hydrogens is 287 g/mol. The zero-order valence-electron chi connectivity index (χ0n) is 9.73. The molecule has 2 rings (SSSR count). The van der Waals surface area contributed by atoms with Crippen LogP contribution >= 0.6 is 23.2 Å². The highest BCUT2D eigenvalue weighted by atomic mass is 35.5. The van der Waals surface area contributed by atoms with Crippen molar-refractivity contribution >= 4 is 35.0 Å². The molecule has 2 aromatic rings. The predicted molar refractivity (Wildman–Crippen MR) is 75.4 cm³/mol. The average Bonchev–Trinajstić information content (AvgIpc) is 2.32. The zero-order valence-corrected chi connectivity index (χ0v) is 11.2. The van der Waals surface area contributed by atoms with Crippen LogP contribution in [0, 0.1) is 0 Å². The normalized spacial score (nSPS) is 10.4. The molecule has 0 aliphatic carbocycles. The Morgan fingerprint density at radius 1 is 1.32 bits per heavy atom. The topological polar surface area (TPSA) is 76.2 Å². The van der Waals surface area contributed by atoms with Crippen molar-refractivity contribution < 1.29 is 9.90 Å². The number of nitrogens with two attached hydrogens (primary N) is 1. The Morgan fingerprint density at radius 3 is 2.68 bits per heavy atom. The van der Waals surface area contributed by atoms with Gasteiger partial charge < -0.3 is 10.8 Å². The highest BCUT2D eigenvalue weighted by molar-refractivity contribution is 6.36. The van der Waals surface area contributed by atoms with Crippen LogP contribution in [0.5, 0.6) is 0 Å². The zero-order chi connectivity index (χ0) is 14.0. The third kappa shape index (κ3) is 3.16. The largest absolute Gasteiger partial charge is 0.481 e. The number of nitrogen functional groups attached to an aromatic ring is 1. The van der Waals surface area contributed by atoms with E-state index in [0.29, 0.717) is 21.2 Å². The van der Waals surface area contributed by atoms with E-state index in [1.807, 2.05) is 0 Å². The standard InChI is InChI=1S/C13H10Cl2N2O2/c14-9-1-2-10(11(15)5-9)8-3-7(4-12(18)19)13(16)17-6-8/h1-3,5-6H,4H2,(H2,16,17)(H,18,19). The smallest absolute Gasteiger partial charge is 0.307 e. The second kappa shape index (κ2) is 5.47. The first kappa shape index (κ1) is 13.6. The van der Waals surface area contributed by atoms with Crippen LogP contribution in [0.3, 0.4) is 0 Å². The van der Waals surface area contributed by atoms with Crippen molar-refractivity contribution in [1.82, 2.24) is 4.98 Å². The van der Waals surface area contributed by atoms with Gasteiger partial charge in [0.15, 0.2) is 0 Å². The van der Waals surface area contributed by atoms with Gasteiger partial charge in [-0.25, -0.2) is 4.98 Å². The summed E-state index contributed by atoms with van der Waals surface area (Å²) >= 11 is 11.9. The molecule has 98 valence electrons. The summed E-state index contributed by atoms with van der Waals surface area (Å²) in [5, 5.41) is 9.82. The Balaban J connectivity index is 2.48. The Morgan fingerprint density at radius 2 is 2.05 bits per heavy atom. The molecule has 4 nitrogen and oxygen atoms in total. The van der Waals surface area contributed by atoms with Crippen LogP contribution in [-0.2, 0) is 11.2 Å². The molecule has 3 N–H and O–H groups in total. The fourth-order valence-electron chi connectivity index (χ4n) is 1.70. The Kier molecular flexibility index (Phi) is 3.93. The number of aliphatic carboxylic acids is 1. The van der Waals surface area contributed by atoms with Gasteiger partial charge in [-0.15, -0.1) is 0 Å². The summed E-state index contributed by atoms with van der Waals surface area (Å²) in [4.78, 5) is 14.7. The molecule has 1 aromatic heterocycles. The van der Waals surface area contributed by atoms with E-state index in [2.05, 4.69) is 4.98 Å². The van der Waals surface area contributed by atoms with Gasteiger partial charge in [0, 0.05) is 32.9 Å². The van der Waals surface area contributed by atoms with Gasteiger partial charge >= 0.3 is 5.97 Å². The monoisotopic (exact) mass is 296 g/mol. The Bertz CT molecular complexity index is 645. The Hall–Kier alpha value is -1.78. The summed E-state index contributed by atoms with van der Waals surface area (Å²) in [6.45, 7) is 0. The van der Waals surface area contributed by atoms with E-state index in [1.165, 1.54) is 0 Å². The number of hydrogen-bond donors (Lipinski definition) is 2. The number of aromatic nitrogens is 1. The van der Waals surface area contributed by atoms with Gasteiger partial charge in [-0.1, -0.05) is 29.3 Å². The van der Waals surface area contributed by atoms with Crippen LogP contribution in [0.15, 0.2) is 30.5 Å². The molecule has 0 radical (unpaired) electrons. The molecule has 19 heavy (non-hydrogen) atoms. The van der Waals surface area contributed by atoms with Crippen LogP contribution < -0.4 is 5.73 Å². The number of rotatable bonds is 3.